The van der Waals surface area contributed by atoms with E-state index in [1.165, 1.54) is 12.1 Å². The molecule has 0 aromatic heterocycles. The van der Waals surface area contributed by atoms with Gasteiger partial charge in [0.1, 0.15) is 5.82 Å². The van der Waals surface area contributed by atoms with Crippen molar-refractivity contribution in [3.8, 4) is 0 Å². The molecule has 2 aromatic rings. The van der Waals surface area contributed by atoms with Crippen LogP contribution in [-0.2, 0) is 0 Å². The van der Waals surface area contributed by atoms with Crippen LogP contribution in [0.2, 0.25) is 5.02 Å². The second-order valence-electron chi connectivity index (χ2n) is 4.14. The predicted molar refractivity (Wildman–Crippen MR) is 75.0 cm³/mol. The van der Waals surface area contributed by atoms with E-state index in [1.54, 1.807) is 18.2 Å². The van der Waals surface area contributed by atoms with Crippen LogP contribution in [0.3, 0.4) is 0 Å². The molecule has 2 rings (SSSR count). The maximum atomic E-state index is 12.9. The van der Waals surface area contributed by atoms with Gasteiger partial charge in [-0.25, -0.2) is 4.39 Å². The van der Waals surface area contributed by atoms with E-state index in [4.69, 9.17) is 17.3 Å². The van der Waals surface area contributed by atoms with Gasteiger partial charge >= 0.3 is 0 Å². The Kier molecular flexibility index (Phi) is 3.71. The van der Waals surface area contributed by atoms with Gasteiger partial charge in [-0.05, 0) is 48.9 Å². The van der Waals surface area contributed by atoms with Gasteiger partial charge in [0.05, 0.1) is 5.56 Å². The standard InChI is InChI=1S/C14H12ClFN2O/c1-8-6-9(15)2-5-13(8)18-14(19)11-4-3-10(16)7-12(11)17/h2-7H,17H2,1H3,(H,18,19). The number of nitrogens with one attached hydrogen (secondary N) is 1. The monoisotopic (exact) mass is 278 g/mol. The lowest BCUT2D eigenvalue weighted by atomic mass is 10.1. The second-order valence-corrected chi connectivity index (χ2v) is 4.58. The molecular formula is C14H12ClFN2O. The SMILES string of the molecule is Cc1cc(Cl)ccc1NC(=O)c1ccc(F)cc1N. The number of rotatable bonds is 2. The summed E-state index contributed by atoms with van der Waals surface area (Å²) in [6.45, 7) is 1.83. The molecular weight excluding hydrogens is 267 g/mol. The van der Waals surface area contributed by atoms with Crippen molar-refractivity contribution < 1.29 is 9.18 Å². The van der Waals surface area contributed by atoms with Gasteiger partial charge in [-0.1, -0.05) is 11.6 Å². The number of hydrogen-bond donors (Lipinski definition) is 2. The van der Waals surface area contributed by atoms with Crippen LogP contribution in [0.25, 0.3) is 0 Å². The first-order valence-corrected chi connectivity index (χ1v) is 5.97. The smallest absolute Gasteiger partial charge is 0.257 e. The lowest BCUT2D eigenvalue weighted by Gasteiger charge is -2.10. The van der Waals surface area contributed by atoms with Crippen LogP contribution in [0, 0.1) is 12.7 Å². The van der Waals surface area contributed by atoms with Gasteiger partial charge in [0, 0.05) is 16.4 Å². The Morgan fingerprint density at radius 3 is 2.63 bits per heavy atom. The molecule has 0 unspecified atom stereocenters. The van der Waals surface area contributed by atoms with Crippen LogP contribution in [0.15, 0.2) is 36.4 Å². The maximum Gasteiger partial charge on any atom is 0.257 e. The summed E-state index contributed by atoms with van der Waals surface area (Å²) in [5.41, 5.74) is 7.42. The van der Waals surface area contributed by atoms with Crippen molar-refractivity contribution in [1.29, 1.82) is 0 Å². The third-order valence-corrected chi connectivity index (χ3v) is 2.93. The fourth-order valence-corrected chi connectivity index (χ4v) is 1.92. The van der Waals surface area contributed by atoms with Crippen molar-refractivity contribution in [2.45, 2.75) is 6.92 Å². The average molecular weight is 279 g/mol. The molecule has 5 heteroatoms. The molecule has 0 heterocycles. The zero-order valence-electron chi connectivity index (χ0n) is 10.2. The number of carbonyl (C=O) groups is 1. The van der Waals surface area contributed by atoms with Crippen molar-refractivity contribution in [2.24, 2.45) is 0 Å². The van der Waals surface area contributed by atoms with Crippen LogP contribution >= 0.6 is 11.6 Å². The highest BCUT2D eigenvalue weighted by molar-refractivity contribution is 6.30. The zero-order chi connectivity index (χ0) is 14.0. The molecule has 98 valence electrons. The van der Waals surface area contributed by atoms with Crippen LogP contribution in [0.5, 0.6) is 0 Å². The molecule has 0 saturated carbocycles. The van der Waals surface area contributed by atoms with Gasteiger partial charge in [-0.15, -0.1) is 0 Å². The van der Waals surface area contributed by atoms with Crippen LogP contribution in [-0.4, -0.2) is 5.91 Å². The van der Waals surface area contributed by atoms with E-state index >= 15 is 0 Å². The lowest BCUT2D eigenvalue weighted by Crippen LogP contribution is -2.14. The number of benzene rings is 2. The summed E-state index contributed by atoms with van der Waals surface area (Å²) in [7, 11) is 0. The first-order chi connectivity index (χ1) is 8.97. The number of nitrogen functional groups attached to an aromatic ring is 1. The Bertz CT molecular complexity index is 643. The molecule has 0 aliphatic heterocycles. The number of hydrogen-bond acceptors (Lipinski definition) is 2. The summed E-state index contributed by atoms with van der Waals surface area (Å²) in [6.07, 6.45) is 0. The molecule has 0 radical (unpaired) electrons. The molecule has 0 atom stereocenters. The Balaban J connectivity index is 2.25. The highest BCUT2D eigenvalue weighted by Crippen LogP contribution is 2.21. The van der Waals surface area contributed by atoms with Crippen molar-refractivity contribution in [2.75, 3.05) is 11.1 Å². The molecule has 1 amide bonds. The second kappa shape index (κ2) is 5.28. The quantitative estimate of drug-likeness (QED) is 0.824. The summed E-state index contributed by atoms with van der Waals surface area (Å²) in [5.74, 6) is -0.861. The van der Waals surface area contributed by atoms with Crippen molar-refractivity contribution in [3.05, 3.63) is 58.4 Å². The molecule has 3 nitrogen and oxygen atoms in total. The number of nitrogens with two attached hydrogens (primary N) is 1. The summed E-state index contributed by atoms with van der Waals surface area (Å²) in [4.78, 5) is 12.0. The van der Waals surface area contributed by atoms with Gasteiger partial charge in [0.15, 0.2) is 0 Å². The number of aryl methyl sites for hydroxylation is 1. The van der Waals surface area contributed by atoms with Crippen LogP contribution in [0.1, 0.15) is 15.9 Å². The van der Waals surface area contributed by atoms with E-state index in [2.05, 4.69) is 5.32 Å². The van der Waals surface area contributed by atoms with Crippen molar-refractivity contribution in [3.63, 3.8) is 0 Å². The van der Waals surface area contributed by atoms with Crippen molar-refractivity contribution >= 4 is 28.9 Å². The van der Waals surface area contributed by atoms with Gasteiger partial charge in [0.25, 0.3) is 5.91 Å². The minimum absolute atomic E-state index is 0.101. The largest absolute Gasteiger partial charge is 0.398 e. The molecule has 0 spiro atoms. The Labute approximate surface area is 115 Å². The van der Waals surface area contributed by atoms with E-state index in [0.717, 1.165) is 11.6 Å². The molecule has 19 heavy (non-hydrogen) atoms. The number of amides is 1. The summed E-state index contributed by atoms with van der Waals surface area (Å²) in [6, 6.07) is 8.79. The third-order valence-electron chi connectivity index (χ3n) is 2.69. The van der Waals surface area contributed by atoms with Gasteiger partial charge < -0.3 is 11.1 Å². The minimum Gasteiger partial charge on any atom is -0.398 e. The Morgan fingerprint density at radius 2 is 2.00 bits per heavy atom. The fourth-order valence-electron chi connectivity index (χ4n) is 1.70. The molecule has 0 saturated heterocycles. The van der Waals surface area contributed by atoms with Gasteiger partial charge in [-0.2, -0.15) is 0 Å². The zero-order valence-corrected chi connectivity index (χ0v) is 11.0. The summed E-state index contributed by atoms with van der Waals surface area (Å²) < 4.78 is 12.9. The van der Waals surface area contributed by atoms with E-state index < -0.39 is 5.82 Å². The number of halogens is 2. The highest BCUT2D eigenvalue weighted by Gasteiger charge is 2.11. The lowest BCUT2D eigenvalue weighted by molar-refractivity contribution is 0.102. The fraction of sp³-hybridized carbons (Fsp3) is 0.0714. The molecule has 2 aromatic carbocycles. The normalized spacial score (nSPS) is 10.3. The van der Waals surface area contributed by atoms with E-state index in [-0.39, 0.29) is 17.2 Å². The molecule has 0 bridgehead atoms. The summed E-state index contributed by atoms with van der Waals surface area (Å²) in [5, 5.41) is 3.31. The third kappa shape index (κ3) is 3.03. The van der Waals surface area contributed by atoms with Crippen LogP contribution < -0.4 is 11.1 Å². The van der Waals surface area contributed by atoms with Gasteiger partial charge in [-0.3, -0.25) is 4.79 Å². The highest BCUT2D eigenvalue weighted by atomic mass is 35.5. The number of carbonyl (C=O) groups excluding carboxylic acids is 1. The maximum absolute atomic E-state index is 12.9. The van der Waals surface area contributed by atoms with Crippen molar-refractivity contribution in [1.82, 2.24) is 0 Å². The predicted octanol–water partition coefficient (Wildman–Crippen LogP) is 3.62. The average Bonchev–Trinajstić information content (AvgIpc) is 2.32. The van der Waals surface area contributed by atoms with E-state index in [1.807, 2.05) is 6.92 Å². The minimum atomic E-state index is -0.475. The van der Waals surface area contributed by atoms with Crippen LogP contribution in [0.4, 0.5) is 15.8 Å². The molecule has 0 aliphatic rings. The summed E-state index contributed by atoms with van der Waals surface area (Å²) >= 11 is 5.84. The van der Waals surface area contributed by atoms with E-state index in [0.29, 0.717) is 10.7 Å². The Morgan fingerprint density at radius 1 is 1.26 bits per heavy atom. The first kappa shape index (κ1) is 13.4. The number of anilines is 2. The van der Waals surface area contributed by atoms with Gasteiger partial charge in [0.2, 0.25) is 0 Å². The Hall–Kier alpha value is -2.07. The topological polar surface area (TPSA) is 55.1 Å². The molecule has 0 aliphatic carbocycles. The molecule has 0 fully saturated rings. The molecule has 3 N–H and O–H groups in total. The van der Waals surface area contributed by atoms with E-state index in [9.17, 15) is 9.18 Å². The first-order valence-electron chi connectivity index (χ1n) is 5.60.